The highest BCUT2D eigenvalue weighted by Gasteiger charge is 2.12. The molecule has 3 rings (SSSR count). The van der Waals surface area contributed by atoms with Gasteiger partial charge in [-0.2, -0.15) is 0 Å². The second-order valence-electron chi connectivity index (χ2n) is 5.94. The van der Waals surface area contributed by atoms with Crippen LogP contribution in [0.15, 0.2) is 57.7 Å². The molecule has 1 aromatic heterocycles. The third-order valence-corrected chi connectivity index (χ3v) is 3.76. The van der Waals surface area contributed by atoms with Gasteiger partial charge in [0.1, 0.15) is 22.8 Å². The number of hydrogen-bond donors (Lipinski definition) is 0. The number of esters is 1. The molecule has 2 aromatic carbocycles. The Kier molecular flexibility index (Phi) is 4.57. The normalized spacial score (nSPS) is 10.9. The monoisotopic (exact) mass is 338 g/mol. The van der Waals surface area contributed by atoms with Crippen molar-refractivity contribution in [3.8, 4) is 22.8 Å². The zero-order valence-corrected chi connectivity index (χ0v) is 14.2. The largest absolute Gasteiger partial charge is 0.497 e. The minimum atomic E-state index is -0.349. The lowest BCUT2D eigenvalue weighted by atomic mass is 10.1. The summed E-state index contributed by atoms with van der Waals surface area (Å²) in [5.74, 6) is 0.925. The quantitative estimate of drug-likeness (QED) is 0.531. The van der Waals surface area contributed by atoms with Crippen LogP contribution in [0.1, 0.15) is 13.8 Å². The van der Waals surface area contributed by atoms with Gasteiger partial charge in [0.2, 0.25) is 0 Å². The minimum absolute atomic E-state index is 0.200. The molecule has 0 fully saturated rings. The van der Waals surface area contributed by atoms with Gasteiger partial charge in [-0.3, -0.25) is 9.59 Å². The second kappa shape index (κ2) is 6.81. The van der Waals surface area contributed by atoms with Crippen molar-refractivity contribution in [3.63, 3.8) is 0 Å². The van der Waals surface area contributed by atoms with E-state index in [-0.39, 0.29) is 17.3 Å². The van der Waals surface area contributed by atoms with E-state index in [1.165, 1.54) is 12.1 Å². The lowest BCUT2D eigenvalue weighted by Crippen LogP contribution is -2.14. The molecule has 0 saturated carbocycles. The van der Waals surface area contributed by atoms with Crippen LogP contribution in [0.2, 0.25) is 0 Å². The van der Waals surface area contributed by atoms with Crippen molar-refractivity contribution >= 4 is 16.9 Å². The molecule has 0 aliphatic rings. The topological polar surface area (TPSA) is 65.7 Å². The Morgan fingerprint density at radius 2 is 1.68 bits per heavy atom. The molecule has 0 spiro atoms. The van der Waals surface area contributed by atoms with Gasteiger partial charge in [-0.05, 0) is 42.5 Å². The number of fused-ring (bicyclic) bond motifs is 1. The second-order valence-corrected chi connectivity index (χ2v) is 5.94. The Hall–Kier alpha value is -3.08. The Morgan fingerprint density at radius 1 is 1.00 bits per heavy atom. The summed E-state index contributed by atoms with van der Waals surface area (Å²) >= 11 is 0. The van der Waals surface area contributed by atoms with E-state index >= 15 is 0 Å². The molecule has 25 heavy (non-hydrogen) atoms. The summed E-state index contributed by atoms with van der Waals surface area (Å²) in [7, 11) is 1.59. The van der Waals surface area contributed by atoms with Crippen LogP contribution in [0.4, 0.5) is 0 Å². The van der Waals surface area contributed by atoms with E-state index in [2.05, 4.69) is 0 Å². The van der Waals surface area contributed by atoms with Gasteiger partial charge < -0.3 is 13.9 Å². The maximum absolute atomic E-state index is 12.4. The van der Waals surface area contributed by atoms with E-state index < -0.39 is 0 Å². The molecule has 0 radical (unpaired) electrons. The Morgan fingerprint density at radius 3 is 2.32 bits per heavy atom. The fourth-order valence-electron chi connectivity index (χ4n) is 2.33. The van der Waals surface area contributed by atoms with E-state index in [4.69, 9.17) is 13.9 Å². The molecule has 1 heterocycles. The lowest BCUT2D eigenvalue weighted by molar-refractivity contribution is -0.137. The lowest BCUT2D eigenvalue weighted by Gasteiger charge is -2.08. The van der Waals surface area contributed by atoms with Crippen molar-refractivity contribution < 1.29 is 18.7 Å². The molecule has 5 nitrogen and oxygen atoms in total. The first-order valence-electron chi connectivity index (χ1n) is 7.92. The van der Waals surface area contributed by atoms with Crippen molar-refractivity contribution in [1.29, 1.82) is 0 Å². The van der Waals surface area contributed by atoms with E-state index in [0.717, 1.165) is 11.3 Å². The molecule has 0 aliphatic heterocycles. The van der Waals surface area contributed by atoms with E-state index in [9.17, 15) is 9.59 Å². The summed E-state index contributed by atoms with van der Waals surface area (Å²) in [5, 5.41) is 0.367. The summed E-state index contributed by atoms with van der Waals surface area (Å²) in [6.45, 7) is 3.50. The van der Waals surface area contributed by atoms with Crippen LogP contribution in [-0.2, 0) is 4.79 Å². The molecule has 0 amide bonds. The molecule has 5 heteroatoms. The molecule has 0 saturated heterocycles. The van der Waals surface area contributed by atoms with Crippen molar-refractivity contribution in [3.05, 3.63) is 58.8 Å². The van der Waals surface area contributed by atoms with Crippen LogP contribution in [-0.4, -0.2) is 13.1 Å². The number of methoxy groups -OCH3 is 1. The van der Waals surface area contributed by atoms with Crippen LogP contribution in [0.3, 0.4) is 0 Å². The Labute approximate surface area is 144 Å². The zero-order valence-electron chi connectivity index (χ0n) is 14.2. The Bertz CT molecular complexity index is 968. The third-order valence-electron chi connectivity index (χ3n) is 3.76. The van der Waals surface area contributed by atoms with E-state index in [1.54, 1.807) is 45.2 Å². The number of carbonyl (C=O) groups is 1. The average molecular weight is 338 g/mol. The maximum Gasteiger partial charge on any atom is 0.313 e. The number of benzene rings is 2. The first-order chi connectivity index (χ1) is 12.0. The van der Waals surface area contributed by atoms with Gasteiger partial charge in [0, 0.05) is 11.6 Å². The molecule has 0 bridgehead atoms. The van der Waals surface area contributed by atoms with Crippen molar-refractivity contribution in [1.82, 2.24) is 0 Å². The van der Waals surface area contributed by atoms with Crippen molar-refractivity contribution in [2.45, 2.75) is 13.8 Å². The van der Waals surface area contributed by atoms with Gasteiger partial charge in [-0.25, -0.2) is 0 Å². The van der Waals surface area contributed by atoms with E-state index in [0.29, 0.717) is 22.5 Å². The molecule has 128 valence electrons. The molecule has 0 N–H and O–H groups in total. The molecule has 0 aliphatic carbocycles. The van der Waals surface area contributed by atoms with Crippen LogP contribution in [0, 0.1) is 5.92 Å². The van der Waals surface area contributed by atoms with Gasteiger partial charge >= 0.3 is 5.97 Å². The predicted octanol–water partition coefficient (Wildman–Crippen LogP) is 4.03. The van der Waals surface area contributed by atoms with Gasteiger partial charge in [0.05, 0.1) is 18.4 Å². The van der Waals surface area contributed by atoms with Crippen molar-refractivity contribution in [2.75, 3.05) is 7.11 Å². The maximum atomic E-state index is 12.4. The van der Waals surface area contributed by atoms with Gasteiger partial charge in [-0.15, -0.1) is 0 Å². The van der Waals surface area contributed by atoms with Crippen molar-refractivity contribution in [2.24, 2.45) is 5.92 Å². The first-order valence-corrected chi connectivity index (χ1v) is 7.92. The van der Waals surface area contributed by atoms with Crippen LogP contribution in [0.25, 0.3) is 22.3 Å². The highest BCUT2D eigenvalue weighted by atomic mass is 16.5. The molecular weight excluding hydrogens is 320 g/mol. The highest BCUT2D eigenvalue weighted by Crippen LogP contribution is 2.26. The fourth-order valence-corrected chi connectivity index (χ4v) is 2.33. The predicted molar refractivity (Wildman–Crippen MR) is 94.9 cm³/mol. The molecule has 0 atom stereocenters. The van der Waals surface area contributed by atoms with Gasteiger partial charge in [0.25, 0.3) is 0 Å². The fraction of sp³-hybridized carbons (Fsp3) is 0.200. The SMILES string of the molecule is COc1ccc(-c2cc(=O)c3cc(OC(=O)C(C)C)ccc3o2)cc1. The highest BCUT2D eigenvalue weighted by molar-refractivity contribution is 5.82. The van der Waals surface area contributed by atoms with Gasteiger partial charge in [-0.1, -0.05) is 13.8 Å². The third kappa shape index (κ3) is 3.55. The summed E-state index contributed by atoms with van der Waals surface area (Å²) in [6.07, 6.45) is 0. The zero-order chi connectivity index (χ0) is 18.0. The number of ether oxygens (including phenoxy) is 2. The van der Waals surface area contributed by atoms with Crippen LogP contribution >= 0.6 is 0 Å². The summed E-state index contributed by atoms with van der Waals surface area (Å²) in [4.78, 5) is 24.1. The number of carbonyl (C=O) groups excluding carboxylic acids is 1. The summed E-state index contributed by atoms with van der Waals surface area (Å²) < 4.78 is 16.2. The van der Waals surface area contributed by atoms with Crippen LogP contribution < -0.4 is 14.9 Å². The number of hydrogen-bond acceptors (Lipinski definition) is 5. The molecular formula is C20H18O5. The molecule has 0 unspecified atom stereocenters. The van der Waals surface area contributed by atoms with E-state index in [1.807, 2.05) is 12.1 Å². The summed E-state index contributed by atoms with van der Waals surface area (Å²) in [6, 6.07) is 13.4. The Balaban J connectivity index is 1.99. The standard InChI is InChI=1S/C20H18O5/c1-12(2)20(22)24-15-8-9-18-16(10-15)17(21)11-19(25-18)13-4-6-14(23-3)7-5-13/h4-12H,1-3H3. The average Bonchev–Trinajstić information content (AvgIpc) is 2.62. The van der Waals surface area contributed by atoms with Crippen LogP contribution in [0.5, 0.6) is 11.5 Å². The smallest absolute Gasteiger partial charge is 0.313 e. The molecule has 3 aromatic rings. The first kappa shape index (κ1) is 16.8. The minimum Gasteiger partial charge on any atom is -0.497 e. The summed E-state index contributed by atoms with van der Waals surface area (Å²) in [5.41, 5.74) is 1.01. The van der Waals surface area contributed by atoms with Gasteiger partial charge in [0.15, 0.2) is 5.43 Å². The number of rotatable bonds is 4.